The Kier molecular flexibility index (Phi) is 2.70. The van der Waals surface area contributed by atoms with Gasteiger partial charge in [0.1, 0.15) is 6.10 Å². The van der Waals surface area contributed by atoms with E-state index in [0.717, 1.165) is 24.5 Å². The molecule has 1 saturated heterocycles. The molecule has 1 aromatic carbocycles. The molecule has 5 heteroatoms. The highest BCUT2D eigenvalue weighted by Gasteiger charge is 2.56. The zero-order valence-electron chi connectivity index (χ0n) is 11.6. The van der Waals surface area contributed by atoms with E-state index in [-0.39, 0.29) is 24.2 Å². The first kappa shape index (κ1) is 12.4. The zero-order chi connectivity index (χ0) is 13.9. The van der Waals surface area contributed by atoms with Crippen LogP contribution < -0.4 is 14.8 Å². The molecule has 0 bridgehead atoms. The van der Waals surface area contributed by atoms with Crippen molar-refractivity contribution in [2.45, 2.75) is 43.2 Å². The molecule has 1 aromatic rings. The van der Waals surface area contributed by atoms with E-state index in [1.807, 2.05) is 6.07 Å². The number of hydrogen-bond donors (Lipinski definition) is 2. The summed E-state index contributed by atoms with van der Waals surface area (Å²) in [5, 5.41) is 13.8. The summed E-state index contributed by atoms with van der Waals surface area (Å²) in [5.41, 5.74) is 2.47. The average molecular weight is 277 g/mol. The molecule has 108 valence electrons. The molecule has 0 spiro atoms. The lowest BCUT2D eigenvalue weighted by molar-refractivity contribution is 0.0756. The maximum Gasteiger partial charge on any atom is 0.161 e. The summed E-state index contributed by atoms with van der Waals surface area (Å²) in [6, 6.07) is 4.16. The molecule has 1 aliphatic carbocycles. The van der Waals surface area contributed by atoms with Crippen LogP contribution >= 0.6 is 0 Å². The first-order chi connectivity index (χ1) is 9.72. The molecule has 0 aromatic heterocycles. The van der Waals surface area contributed by atoms with E-state index in [2.05, 4.69) is 11.4 Å². The molecule has 0 radical (unpaired) electrons. The van der Waals surface area contributed by atoms with Gasteiger partial charge >= 0.3 is 0 Å². The maximum atomic E-state index is 10.3. The topological polar surface area (TPSA) is 63.2 Å². The van der Waals surface area contributed by atoms with E-state index in [4.69, 9.17) is 14.2 Å². The van der Waals surface area contributed by atoms with E-state index in [1.54, 1.807) is 14.2 Å². The molecule has 2 fully saturated rings. The van der Waals surface area contributed by atoms with Crippen molar-refractivity contribution in [2.75, 3.05) is 14.2 Å². The standard InChI is InChI=1S/C15H19NO4/c1-18-10-3-7-6-16-13-9(8(7)4-11(10)19-2)5-12-15(20-12)14(13)17/h3-4,9,12-17H,5-6H2,1-2H3. The molecule has 20 heavy (non-hydrogen) atoms. The molecule has 2 aliphatic heterocycles. The van der Waals surface area contributed by atoms with Crippen LogP contribution in [-0.4, -0.2) is 43.7 Å². The van der Waals surface area contributed by atoms with Crippen LogP contribution in [0.1, 0.15) is 23.5 Å². The van der Waals surface area contributed by atoms with Crippen LogP contribution in [0.25, 0.3) is 0 Å². The van der Waals surface area contributed by atoms with Crippen LogP contribution in [0, 0.1) is 0 Å². The number of fused-ring (bicyclic) bond motifs is 4. The predicted octanol–water partition coefficient (Wildman–Crippen LogP) is 0.791. The number of ether oxygens (including phenoxy) is 3. The lowest BCUT2D eigenvalue weighted by Crippen LogP contribution is -2.52. The van der Waals surface area contributed by atoms with Crippen LogP contribution in [-0.2, 0) is 11.3 Å². The third-order valence-electron chi connectivity index (χ3n) is 4.82. The van der Waals surface area contributed by atoms with E-state index < -0.39 is 6.10 Å². The molecule has 5 nitrogen and oxygen atoms in total. The van der Waals surface area contributed by atoms with Crippen LogP contribution in [0.2, 0.25) is 0 Å². The highest BCUT2D eigenvalue weighted by molar-refractivity contribution is 5.50. The van der Waals surface area contributed by atoms with E-state index in [9.17, 15) is 5.11 Å². The van der Waals surface area contributed by atoms with Gasteiger partial charge in [-0.1, -0.05) is 0 Å². The van der Waals surface area contributed by atoms with Crippen molar-refractivity contribution in [3.63, 3.8) is 0 Å². The number of methoxy groups -OCH3 is 2. The minimum Gasteiger partial charge on any atom is -0.493 e. The van der Waals surface area contributed by atoms with Gasteiger partial charge < -0.3 is 24.6 Å². The largest absolute Gasteiger partial charge is 0.493 e. The molecule has 5 atom stereocenters. The molecule has 0 amide bonds. The Labute approximate surface area is 117 Å². The molecule has 4 rings (SSSR count). The highest BCUT2D eigenvalue weighted by atomic mass is 16.6. The van der Waals surface area contributed by atoms with Crippen LogP contribution in [0.4, 0.5) is 0 Å². The lowest BCUT2D eigenvalue weighted by Gasteiger charge is -2.39. The van der Waals surface area contributed by atoms with Crippen molar-refractivity contribution in [1.82, 2.24) is 5.32 Å². The van der Waals surface area contributed by atoms with Crippen molar-refractivity contribution in [3.8, 4) is 11.5 Å². The SMILES string of the molecule is COc1cc2c(cc1OC)C1CC3OC3C(O)C1NC2. The number of aliphatic hydroxyl groups excluding tert-OH is 1. The number of epoxide rings is 1. The van der Waals surface area contributed by atoms with Crippen molar-refractivity contribution in [1.29, 1.82) is 0 Å². The fraction of sp³-hybridized carbons (Fsp3) is 0.600. The van der Waals surface area contributed by atoms with Gasteiger partial charge in [-0.05, 0) is 29.7 Å². The summed E-state index contributed by atoms with van der Waals surface area (Å²) in [6.45, 7) is 0.741. The van der Waals surface area contributed by atoms with Gasteiger partial charge in [0.05, 0.1) is 26.4 Å². The summed E-state index contributed by atoms with van der Waals surface area (Å²) < 4.78 is 16.3. The Bertz CT molecular complexity index is 547. The Hall–Kier alpha value is -1.30. The van der Waals surface area contributed by atoms with Gasteiger partial charge in [0.2, 0.25) is 0 Å². The summed E-state index contributed by atoms with van der Waals surface area (Å²) >= 11 is 0. The molecule has 1 saturated carbocycles. The van der Waals surface area contributed by atoms with Gasteiger partial charge in [-0.3, -0.25) is 0 Å². The second-order valence-corrected chi connectivity index (χ2v) is 5.78. The van der Waals surface area contributed by atoms with Crippen molar-refractivity contribution < 1.29 is 19.3 Å². The minimum absolute atomic E-state index is 0.0328. The Morgan fingerprint density at radius 1 is 1.25 bits per heavy atom. The normalized spacial score (nSPS) is 37.5. The van der Waals surface area contributed by atoms with Crippen LogP contribution in [0.5, 0.6) is 11.5 Å². The van der Waals surface area contributed by atoms with Crippen molar-refractivity contribution >= 4 is 0 Å². The zero-order valence-corrected chi connectivity index (χ0v) is 11.6. The summed E-state index contributed by atoms with van der Waals surface area (Å²) in [5.74, 6) is 1.78. The van der Waals surface area contributed by atoms with Gasteiger partial charge in [-0.2, -0.15) is 0 Å². The van der Waals surface area contributed by atoms with Gasteiger partial charge in [0, 0.05) is 18.5 Å². The lowest BCUT2D eigenvalue weighted by atomic mass is 9.74. The van der Waals surface area contributed by atoms with Gasteiger partial charge in [0.15, 0.2) is 11.5 Å². The summed E-state index contributed by atoms with van der Waals surface area (Å²) in [6.07, 6.45) is 0.791. The highest BCUT2D eigenvalue weighted by Crippen LogP contribution is 2.48. The van der Waals surface area contributed by atoms with Crippen molar-refractivity contribution in [3.05, 3.63) is 23.3 Å². The van der Waals surface area contributed by atoms with Crippen LogP contribution in [0.3, 0.4) is 0 Å². The number of nitrogens with one attached hydrogen (secondary N) is 1. The van der Waals surface area contributed by atoms with Crippen LogP contribution in [0.15, 0.2) is 12.1 Å². The fourth-order valence-electron chi connectivity index (χ4n) is 3.73. The number of rotatable bonds is 2. The molecular formula is C15H19NO4. The fourth-order valence-corrected chi connectivity index (χ4v) is 3.73. The quantitative estimate of drug-likeness (QED) is 0.783. The maximum absolute atomic E-state index is 10.3. The Balaban J connectivity index is 1.76. The molecule has 3 aliphatic rings. The summed E-state index contributed by atoms with van der Waals surface area (Å²) in [4.78, 5) is 0. The third-order valence-corrected chi connectivity index (χ3v) is 4.82. The number of benzene rings is 1. The molecule has 2 N–H and O–H groups in total. The van der Waals surface area contributed by atoms with E-state index >= 15 is 0 Å². The second-order valence-electron chi connectivity index (χ2n) is 5.78. The van der Waals surface area contributed by atoms with Crippen molar-refractivity contribution in [2.24, 2.45) is 0 Å². The monoisotopic (exact) mass is 277 g/mol. The van der Waals surface area contributed by atoms with Gasteiger partial charge in [0.25, 0.3) is 0 Å². The Morgan fingerprint density at radius 3 is 2.75 bits per heavy atom. The van der Waals surface area contributed by atoms with E-state index in [0.29, 0.717) is 0 Å². The van der Waals surface area contributed by atoms with Gasteiger partial charge in [-0.15, -0.1) is 0 Å². The van der Waals surface area contributed by atoms with Gasteiger partial charge in [-0.25, -0.2) is 0 Å². The molecule has 5 unspecified atom stereocenters. The number of hydrogen-bond acceptors (Lipinski definition) is 5. The summed E-state index contributed by atoms with van der Waals surface area (Å²) in [7, 11) is 3.30. The second kappa shape index (κ2) is 4.35. The Morgan fingerprint density at radius 2 is 2.00 bits per heavy atom. The third kappa shape index (κ3) is 1.67. The predicted molar refractivity (Wildman–Crippen MR) is 72.2 cm³/mol. The van der Waals surface area contributed by atoms with E-state index in [1.165, 1.54) is 11.1 Å². The smallest absolute Gasteiger partial charge is 0.161 e. The number of aliphatic hydroxyl groups is 1. The first-order valence-electron chi connectivity index (χ1n) is 7.04. The minimum atomic E-state index is -0.417. The molecule has 2 heterocycles. The molecular weight excluding hydrogens is 258 g/mol. The average Bonchev–Trinajstić information content (AvgIpc) is 3.25. The first-order valence-corrected chi connectivity index (χ1v) is 7.04.